The second kappa shape index (κ2) is 8.19. The van der Waals surface area contributed by atoms with Crippen LogP contribution in [0, 0.1) is 0 Å². The van der Waals surface area contributed by atoms with Gasteiger partial charge in [-0.25, -0.2) is 4.79 Å². The molecule has 5 nitrogen and oxygen atoms in total. The topological polar surface area (TPSA) is 75.6 Å². The number of hydrogen-bond acceptors (Lipinski definition) is 4. The minimum atomic E-state index is -1.07. The van der Waals surface area contributed by atoms with Crippen molar-refractivity contribution in [3.63, 3.8) is 0 Å². The average Bonchev–Trinajstić information content (AvgIpc) is 2.84. The van der Waals surface area contributed by atoms with Gasteiger partial charge in [-0.1, -0.05) is 53.5 Å². The number of thiophene rings is 1. The Labute approximate surface area is 146 Å². The van der Waals surface area contributed by atoms with Crippen molar-refractivity contribution in [2.24, 2.45) is 0 Å². The Hall–Kier alpha value is -1.76. The predicted octanol–water partition coefficient (Wildman–Crippen LogP) is 4.50. The Morgan fingerprint density at radius 3 is 2.52 bits per heavy atom. The third kappa shape index (κ3) is 5.42. The Morgan fingerprint density at radius 1 is 1.26 bits per heavy atom. The third-order valence-electron chi connectivity index (χ3n) is 2.94. The van der Waals surface area contributed by atoms with E-state index in [0.717, 1.165) is 16.9 Å². The smallest absolute Gasteiger partial charge is 0.407 e. The zero-order valence-electron chi connectivity index (χ0n) is 11.8. The maximum absolute atomic E-state index is 11.9. The van der Waals surface area contributed by atoms with Crippen LogP contribution in [0.4, 0.5) is 4.79 Å². The number of rotatable bonds is 6. The molecule has 0 aliphatic heterocycles. The summed E-state index contributed by atoms with van der Waals surface area (Å²) in [5.41, 5.74) is 1.29. The number of carboxylic acid groups (broad SMARTS) is 1. The van der Waals surface area contributed by atoms with E-state index in [9.17, 15) is 9.59 Å². The molecule has 1 unspecified atom stereocenters. The van der Waals surface area contributed by atoms with E-state index < -0.39 is 18.1 Å². The molecular weight excluding hydrogens is 361 g/mol. The van der Waals surface area contributed by atoms with Crippen LogP contribution in [-0.4, -0.2) is 17.2 Å². The molecule has 0 radical (unpaired) electrons. The second-order valence-electron chi connectivity index (χ2n) is 4.64. The predicted molar refractivity (Wildman–Crippen MR) is 89.1 cm³/mol. The van der Waals surface area contributed by atoms with E-state index in [-0.39, 0.29) is 13.0 Å². The van der Waals surface area contributed by atoms with Crippen LogP contribution in [0.25, 0.3) is 0 Å². The van der Waals surface area contributed by atoms with Crippen molar-refractivity contribution in [3.8, 4) is 0 Å². The number of carboxylic acids is 1. The van der Waals surface area contributed by atoms with E-state index >= 15 is 0 Å². The Balaban J connectivity index is 2.01. The number of nitrogens with one attached hydrogen (secondary N) is 1. The van der Waals surface area contributed by atoms with Gasteiger partial charge in [-0.15, -0.1) is 11.3 Å². The Morgan fingerprint density at radius 2 is 1.96 bits per heavy atom. The van der Waals surface area contributed by atoms with Gasteiger partial charge in [0.25, 0.3) is 0 Å². The molecule has 2 rings (SSSR count). The fraction of sp³-hybridized carbons (Fsp3) is 0.200. The SMILES string of the molecule is O=C(O)CC(NC(=O)OCc1ccccc1)c1cc(Cl)sc1Cl. The molecule has 1 heterocycles. The monoisotopic (exact) mass is 373 g/mol. The Bertz CT molecular complexity index is 690. The number of ether oxygens (including phenoxy) is 1. The number of carbonyl (C=O) groups is 2. The lowest BCUT2D eigenvalue weighted by Gasteiger charge is -2.16. The summed E-state index contributed by atoms with van der Waals surface area (Å²) in [5, 5.41) is 11.5. The standard InChI is InChI=1S/C15H13Cl2NO4S/c16-12-6-10(14(17)23-12)11(7-13(19)20)18-15(21)22-8-9-4-2-1-3-5-9/h1-6,11H,7-8H2,(H,18,21)(H,19,20). The molecule has 23 heavy (non-hydrogen) atoms. The van der Waals surface area contributed by atoms with Crippen molar-refractivity contribution in [3.05, 3.63) is 56.2 Å². The van der Waals surface area contributed by atoms with Crippen LogP contribution in [0.2, 0.25) is 8.67 Å². The summed E-state index contributed by atoms with van der Waals surface area (Å²) >= 11 is 13.0. The van der Waals surface area contributed by atoms with Gasteiger partial charge < -0.3 is 15.2 Å². The van der Waals surface area contributed by atoms with E-state index in [4.69, 9.17) is 33.0 Å². The molecule has 2 N–H and O–H groups in total. The first-order chi connectivity index (χ1) is 11.0. The van der Waals surface area contributed by atoms with Gasteiger partial charge in [0.1, 0.15) is 6.61 Å². The molecule has 1 aromatic carbocycles. The lowest BCUT2D eigenvalue weighted by Crippen LogP contribution is -2.30. The summed E-state index contributed by atoms with van der Waals surface area (Å²) in [4.78, 5) is 22.9. The summed E-state index contributed by atoms with van der Waals surface area (Å²) in [6, 6.07) is 9.88. The fourth-order valence-electron chi connectivity index (χ4n) is 1.91. The minimum absolute atomic E-state index is 0.0879. The Kier molecular flexibility index (Phi) is 6.27. The van der Waals surface area contributed by atoms with Gasteiger partial charge in [0, 0.05) is 5.56 Å². The summed E-state index contributed by atoms with van der Waals surface area (Å²) in [6.07, 6.45) is -1.05. The van der Waals surface area contributed by atoms with Gasteiger partial charge in [0.2, 0.25) is 0 Å². The first-order valence-corrected chi connectivity index (χ1v) is 8.16. The number of aliphatic carboxylic acids is 1. The number of hydrogen-bond donors (Lipinski definition) is 2. The van der Waals surface area contributed by atoms with Gasteiger partial charge in [-0.3, -0.25) is 4.79 Å². The number of carbonyl (C=O) groups excluding carboxylic acids is 1. The van der Waals surface area contributed by atoms with Crippen LogP contribution >= 0.6 is 34.5 Å². The van der Waals surface area contributed by atoms with Gasteiger partial charge in [-0.2, -0.15) is 0 Å². The van der Waals surface area contributed by atoms with E-state index in [1.165, 1.54) is 0 Å². The molecule has 8 heteroatoms. The average molecular weight is 374 g/mol. The highest BCUT2D eigenvalue weighted by atomic mass is 35.5. The summed E-state index contributed by atoms with van der Waals surface area (Å²) in [5.74, 6) is -1.07. The van der Waals surface area contributed by atoms with Crippen LogP contribution < -0.4 is 5.32 Å². The van der Waals surface area contributed by atoms with Crippen LogP contribution in [0.1, 0.15) is 23.6 Å². The molecular formula is C15H13Cl2NO4S. The third-order valence-corrected chi connectivity index (χ3v) is 4.46. The van der Waals surface area contributed by atoms with Crippen LogP contribution in [0.15, 0.2) is 36.4 Å². The summed E-state index contributed by atoms with van der Waals surface area (Å²) in [6.45, 7) is 0.0879. The molecule has 0 saturated heterocycles. The quantitative estimate of drug-likeness (QED) is 0.781. The van der Waals surface area contributed by atoms with Gasteiger partial charge in [0.15, 0.2) is 0 Å². The highest BCUT2D eigenvalue weighted by Crippen LogP contribution is 2.36. The van der Waals surface area contributed by atoms with Crippen molar-refractivity contribution in [2.45, 2.75) is 19.1 Å². The number of halogens is 2. The van der Waals surface area contributed by atoms with E-state index in [1.54, 1.807) is 6.07 Å². The first-order valence-electron chi connectivity index (χ1n) is 6.59. The molecule has 0 fully saturated rings. The number of benzene rings is 1. The lowest BCUT2D eigenvalue weighted by molar-refractivity contribution is -0.137. The van der Waals surface area contributed by atoms with Crippen LogP contribution in [-0.2, 0) is 16.1 Å². The van der Waals surface area contributed by atoms with Crippen molar-refractivity contribution in [1.82, 2.24) is 5.32 Å². The molecule has 0 aliphatic carbocycles. The molecule has 2 aromatic rings. The normalized spacial score (nSPS) is 11.7. The van der Waals surface area contributed by atoms with E-state index in [0.29, 0.717) is 14.2 Å². The first kappa shape index (κ1) is 17.6. The largest absolute Gasteiger partial charge is 0.481 e. The van der Waals surface area contributed by atoms with Crippen molar-refractivity contribution >= 4 is 46.6 Å². The molecule has 0 spiro atoms. The number of alkyl carbamates (subject to hydrolysis) is 1. The molecule has 1 aromatic heterocycles. The number of amides is 1. The summed E-state index contributed by atoms with van der Waals surface area (Å²) in [7, 11) is 0. The van der Waals surface area contributed by atoms with Crippen LogP contribution in [0.5, 0.6) is 0 Å². The van der Waals surface area contributed by atoms with Gasteiger partial charge in [-0.05, 0) is 11.6 Å². The molecule has 1 amide bonds. The molecule has 122 valence electrons. The molecule has 0 bridgehead atoms. The molecule has 0 aliphatic rings. The fourth-order valence-corrected chi connectivity index (χ4v) is 3.49. The second-order valence-corrected chi connectivity index (χ2v) is 6.92. The van der Waals surface area contributed by atoms with Gasteiger partial charge >= 0.3 is 12.1 Å². The highest BCUT2D eigenvalue weighted by molar-refractivity contribution is 7.20. The van der Waals surface area contributed by atoms with Crippen molar-refractivity contribution < 1.29 is 19.4 Å². The molecule has 1 atom stereocenters. The lowest BCUT2D eigenvalue weighted by atomic mass is 10.1. The van der Waals surface area contributed by atoms with Crippen molar-refractivity contribution in [2.75, 3.05) is 0 Å². The maximum atomic E-state index is 11.9. The maximum Gasteiger partial charge on any atom is 0.407 e. The van der Waals surface area contributed by atoms with E-state index in [2.05, 4.69) is 5.32 Å². The zero-order chi connectivity index (χ0) is 16.8. The summed E-state index contributed by atoms with van der Waals surface area (Å²) < 4.78 is 5.85. The van der Waals surface area contributed by atoms with Crippen LogP contribution in [0.3, 0.4) is 0 Å². The zero-order valence-corrected chi connectivity index (χ0v) is 14.1. The van der Waals surface area contributed by atoms with Crippen molar-refractivity contribution in [1.29, 1.82) is 0 Å². The highest BCUT2D eigenvalue weighted by Gasteiger charge is 2.23. The molecule has 0 saturated carbocycles. The van der Waals surface area contributed by atoms with Gasteiger partial charge in [0.05, 0.1) is 21.1 Å². The minimum Gasteiger partial charge on any atom is -0.481 e. The van der Waals surface area contributed by atoms with E-state index in [1.807, 2.05) is 30.3 Å².